The minimum Gasteiger partial charge on any atom is -0.333 e. The molecular weight excluding hydrogens is 594 g/mol. The van der Waals surface area contributed by atoms with Crippen LogP contribution in [0.25, 0.3) is 10.2 Å². The fraction of sp³-hybridized carbons (Fsp3) is 0.258. The van der Waals surface area contributed by atoms with Crippen LogP contribution in [0.1, 0.15) is 16.7 Å². The highest BCUT2D eigenvalue weighted by Crippen LogP contribution is 2.30. The molecule has 2 saturated heterocycles. The van der Waals surface area contributed by atoms with Crippen LogP contribution in [-0.2, 0) is 33.9 Å². The number of nitrogens with zero attached hydrogens (tertiary/aromatic N) is 7. The van der Waals surface area contributed by atoms with Gasteiger partial charge in [0.15, 0.2) is 0 Å². The van der Waals surface area contributed by atoms with E-state index >= 15 is 0 Å². The van der Waals surface area contributed by atoms with Crippen molar-refractivity contribution in [2.24, 2.45) is 0 Å². The average Bonchev–Trinajstić information content (AvgIpc) is 3.54. The first-order valence-electron chi connectivity index (χ1n) is 14.4. The molecule has 2 aliphatic heterocycles. The maximum Gasteiger partial charge on any atom is 0.334 e. The number of anilines is 1. The Balaban J connectivity index is 1.35. The number of amides is 5. The zero-order valence-electron chi connectivity index (χ0n) is 24.3. The third-order valence-corrected chi connectivity index (χ3v) is 8.59. The van der Waals surface area contributed by atoms with Crippen molar-refractivity contribution in [3.8, 4) is 0 Å². The third kappa shape index (κ3) is 6.23. The van der Waals surface area contributed by atoms with Crippen molar-refractivity contribution < 1.29 is 19.2 Å². The molecule has 2 aliphatic rings. The van der Waals surface area contributed by atoms with Crippen molar-refractivity contribution in [1.29, 1.82) is 0 Å². The number of fused-ring (bicyclic) bond motifs is 2. The second kappa shape index (κ2) is 13.2. The van der Waals surface area contributed by atoms with Gasteiger partial charge in [-0.15, -0.1) is 17.9 Å². The molecule has 45 heavy (non-hydrogen) atoms. The molecular formula is C31H31N9O4S. The number of para-hydroxylation sites is 1. The lowest BCUT2D eigenvalue weighted by atomic mass is 9.99. The largest absolute Gasteiger partial charge is 0.334 e. The highest BCUT2D eigenvalue weighted by Gasteiger charge is 2.51. The second-order valence-corrected chi connectivity index (χ2v) is 11.5. The second-order valence-electron chi connectivity index (χ2n) is 10.6. The smallest absolute Gasteiger partial charge is 0.333 e. The van der Waals surface area contributed by atoms with E-state index in [1.165, 1.54) is 33.6 Å². The van der Waals surface area contributed by atoms with Gasteiger partial charge in [-0.25, -0.2) is 29.8 Å². The molecule has 2 aromatic carbocycles. The van der Waals surface area contributed by atoms with E-state index in [2.05, 4.69) is 32.2 Å². The van der Waals surface area contributed by atoms with Crippen molar-refractivity contribution in [3.63, 3.8) is 0 Å². The summed E-state index contributed by atoms with van der Waals surface area (Å²) in [6.07, 6.45) is 4.46. The zero-order chi connectivity index (χ0) is 31.3. The Kier molecular flexibility index (Phi) is 8.75. The number of hydrazine groups is 1. The van der Waals surface area contributed by atoms with Crippen molar-refractivity contribution in [2.75, 3.05) is 25.0 Å². The van der Waals surface area contributed by atoms with Gasteiger partial charge in [-0.2, -0.15) is 0 Å². The summed E-state index contributed by atoms with van der Waals surface area (Å²) in [5.74, 6) is -0.424. The molecule has 2 fully saturated rings. The number of hydrogen-bond acceptors (Lipinski definition) is 9. The van der Waals surface area contributed by atoms with Gasteiger partial charge in [-0.3, -0.25) is 19.7 Å². The summed E-state index contributed by atoms with van der Waals surface area (Å²) in [4.78, 5) is 68.8. The SMILES string of the molecule is C=CCN1CC(=O)N2[C@@H](Cc3cnc(NC=O)nc3)C(=O)N(Cc3cccc4scnc34)C[C@@H]2N1C(=O)NCc1ccccc1. The van der Waals surface area contributed by atoms with E-state index in [1.807, 2.05) is 48.5 Å². The van der Waals surface area contributed by atoms with Gasteiger partial charge in [-0.1, -0.05) is 48.5 Å². The fourth-order valence-electron chi connectivity index (χ4n) is 5.79. The lowest BCUT2D eigenvalue weighted by Gasteiger charge is -2.55. The van der Waals surface area contributed by atoms with Crippen LogP contribution < -0.4 is 10.6 Å². The van der Waals surface area contributed by atoms with Gasteiger partial charge in [0.2, 0.25) is 24.2 Å². The molecule has 6 rings (SSSR count). The first-order valence-corrected chi connectivity index (χ1v) is 15.2. The number of hydrogen-bond donors (Lipinski definition) is 2. The Morgan fingerprint density at radius 1 is 1.04 bits per heavy atom. The topological polar surface area (TPSA) is 144 Å². The number of benzene rings is 2. The monoisotopic (exact) mass is 625 g/mol. The number of aromatic nitrogens is 3. The zero-order valence-corrected chi connectivity index (χ0v) is 25.1. The summed E-state index contributed by atoms with van der Waals surface area (Å²) in [5.41, 5.74) is 4.96. The molecule has 230 valence electrons. The first kappa shape index (κ1) is 29.8. The molecule has 0 saturated carbocycles. The lowest BCUT2D eigenvalue weighted by molar-refractivity contribution is -0.189. The van der Waals surface area contributed by atoms with E-state index in [1.54, 1.807) is 21.5 Å². The highest BCUT2D eigenvalue weighted by molar-refractivity contribution is 7.16. The van der Waals surface area contributed by atoms with Gasteiger partial charge >= 0.3 is 6.03 Å². The van der Waals surface area contributed by atoms with Gasteiger partial charge in [0.05, 0.1) is 28.8 Å². The van der Waals surface area contributed by atoms with Crippen LogP contribution in [0.2, 0.25) is 0 Å². The first-order chi connectivity index (χ1) is 22.0. The number of rotatable bonds is 10. The summed E-state index contributed by atoms with van der Waals surface area (Å²) in [6, 6.07) is 14.1. The quantitative estimate of drug-likeness (QED) is 0.202. The Morgan fingerprint density at radius 3 is 2.60 bits per heavy atom. The minimum absolute atomic E-state index is 0.0900. The van der Waals surface area contributed by atoms with Crippen molar-refractivity contribution in [3.05, 3.63) is 95.8 Å². The number of urea groups is 1. The van der Waals surface area contributed by atoms with Crippen LogP contribution in [0.4, 0.5) is 10.7 Å². The van der Waals surface area contributed by atoms with Crippen LogP contribution in [0.3, 0.4) is 0 Å². The van der Waals surface area contributed by atoms with E-state index in [0.29, 0.717) is 12.0 Å². The summed E-state index contributed by atoms with van der Waals surface area (Å²) >= 11 is 1.52. The highest BCUT2D eigenvalue weighted by atomic mass is 32.1. The van der Waals surface area contributed by atoms with Crippen LogP contribution >= 0.6 is 11.3 Å². The molecule has 2 atom stereocenters. The number of piperazine rings is 1. The maximum atomic E-state index is 14.2. The molecule has 0 spiro atoms. The molecule has 5 amide bonds. The number of carbonyl (C=O) groups excluding carboxylic acids is 4. The standard InChI is InChI=1S/C31H31N9O4S/c1-2-11-38-18-27(42)39-24(12-22-14-32-30(33-15-22)35-19-41)29(43)37(16-23-9-6-10-25-28(23)36-20-45-25)17-26(39)40(38)31(44)34-13-21-7-4-3-5-8-21/h2-10,14-15,19-20,24,26H,1,11-13,16-18H2,(H,34,44)(H,32,33,35,41)/t24-,26-/m0/s1. The summed E-state index contributed by atoms with van der Waals surface area (Å²) < 4.78 is 1.00. The molecule has 0 bridgehead atoms. The van der Waals surface area contributed by atoms with E-state index in [9.17, 15) is 19.2 Å². The maximum absolute atomic E-state index is 14.2. The molecule has 0 unspecified atom stereocenters. The van der Waals surface area contributed by atoms with Crippen LogP contribution in [-0.4, -0.2) is 90.9 Å². The van der Waals surface area contributed by atoms with E-state index in [4.69, 9.17) is 0 Å². The predicted octanol–water partition coefficient (Wildman–Crippen LogP) is 2.39. The normalized spacial score (nSPS) is 18.5. The molecule has 0 radical (unpaired) electrons. The number of carbonyl (C=O) groups is 4. The molecule has 14 heteroatoms. The number of nitrogens with one attached hydrogen (secondary N) is 2. The van der Waals surface area contributed by atoms with Gasteiger partial charge in [-0.05, 0) is 22.8 Å². The van der Waals surface area contributed by atoms with Crippen molar-refractivity contribution in [2.45, 2.75) is 31.7 Å². The average molecular weight is 626 g/mol. The molecule has 2 N–H and O–H groups in total. The van der Waals surface area contributed by atoms with Crippen molar-refractivity contribution >= 4 is 51.8 Å². The molecule has 2 aromatic heterocycles. The van der Waals surface area contributed by atoms with Crippen LogP contribution in [0.5, 0.6) is 0 Å². The van der Waals surface area contributed by atoms with Gasteiger partial charge in [0.25, 0.3) is 0 Å². The van der Waals surface area contributed by atoms with Crippen LogP contribution in [0.15, 0.2) is 79.1 Å². The summed E-state index contributed by atoms with van der Waals surface area (Å²) in [5, 5.41) is 8.58. The molecule has 4 aromatic rings. The summed E-state index contributed by atoms with van der Waals surface area (Å²) in [6.45, 7) is 4.60. The van der Waals surface area contributed by atoms with E-state index < -0.39 is 18.2 Å². The third-order valence-electron chi connectivity index (χ3n) is 7.79. The number of thiazole rings is 1. The Bertz CT molecular complexity index is 1720. The molecule has 0 aliphatic carbocycles. The molecule has 13 nitrogen and oxygen atoms in total. The predicted molar refractivity (Wildman–Crippen MR) is 167 cm³/mol. The van der Waals surface area contributed by atoms with E-state index in [0.717, 1.165) is 21.3 Å². The van der Waals surface area contributed by atoms with Gasteiger partial charge < -0.3 is 15.1 Å². The van der Waals surface area contributed by atoms with Gasteiger partial charge in [0, 0.05) is 38.4 Å². The Hall–Kier alpha value is -5.21. The van der Waals surface area contributed by atoms with E-state index in [-0.39, 0.29) is 56.9 Å². The molecule has 4 heterocycles. The minimum atomic E-state index is -0.935. The van der Waals surface area contributed by atoms with Crippen molar-refractivity contribution in [1.82, 2.24) is 40.1 Å². The summed E-state index contributed by atoms with van der Waals surface area (Å²) in [7, 11) is 0. The Labute approximate surface area is 263 Å². The lowest BCUT2D eigenvalue weighted by Crippen LogP contribution is -2.76. The Morgan fingerprint density at radius 2 is 1.84 bits per heavy atom. The fourth-order valence-corrected chi connectivity index (χ4v) is 6.51. The van der Waals surface area contributed by atoms with Crippen LogP contribution in [0, 0.1) is 0 Å². The van der Waals surface area contributed by atoms with Gasteiger partial charge in [0.1, 0.15) is 12.2 Å².